The highest BCUT2D eigenvalue weighted by Gasteiger charge is 2.47. The van der Waals surface area contributed by atoms with Crippen LogP contribution in [0.15, 0.2) is 73.1 Å². The summed E-state index contributed by atoms with van der Waals surface area (Å²) in [5, 5.41) is 18.2. The van der Waals surface area contributed by atoms with Crippen molar-refractivity contribution in [2.75, 3.05) is 4.90 Å². The van der Waals surface area contributed by atoms with Gasteiger partial charge in [0.25, 0.3) is 11.6 Å². The lowest BCUT2D eigenvalue weighted by Crippen LogP contribution is -2.39. The lowest BCUT2D eigenvalue weighted by molar-refractivity contribution is -0.576. The van der Waals surface area contributed by atoms with E-state index in [0.717, 1.165) is 27.1 Å². The molecule has 8 heteroatoms. The Morgan fingerprint density at radius 2 is 1.62 bits per heavy atom. The van der Waals surface area contributed by atoms with Gasteiger partial charge in [0, 0.05) is 17.7 Å². The normalized spacial score (nSPS) is 13.7. The first-order chi connectivity index (χ1) is 17.8. The topological polar surface area (TPSA) is 82.1 Å². The van der Waals surface area contributed by atoms with E-state index in [2.05, 4.69) is 5.10 Å². The molecule has 3 heterocycles. The summed E-state index contributed by atoms with van der Waals surface area (Å²) in [4.78, 5) is 28.9. The zero-order valence-corrected chi connectivity index (χ0v) is 20.7. The van der Waals surface area contributed by atoms with Gasteiger partial charge in [0.2, 0.25) is 0 Å². The quantitative estimate of drug-likeness (QED) is 0.301. The summed E-state index contributed by atoms with van der Waals surface area (Å²) < 4.78 is 16.2. The van der Waals surface area contributed by atoms with Crippen molar-refractivity contribution >= 4 is 28.8 Å². The molecule has 5 rings (SSSR count). The van der Waals surface area contributed by atoms with E-state index in [0.29, 0.717) is 23.5 Å². The zero-order valence-electron chi connectivity index (χ0n) is 20.7. The average Bonchev–Trinajstić information content (AvgIpc) is 3.36. The molecule has 4 aromatic rings. The van der Waals surface area contributed by atoms with Gasteiger partial charge in [0.05, 0.1) is 17.1 Å². The third kappa shape index (κ3) is 4.10. The number of rotatable bonds is 6. The molecule has 1 aliphatic rings. The number of amides is 2. The van der Waals surface area contributed by atoms with Crippen molar-refractivity contribution in [2.45, 2.75) is 33.6 Å². The SMILES string of the molecule is CCc1cc[n+](C2=C(c3c(CC)nn(-c4ccc(F)cc4)c3[O-])C(=O)N(c3cccc(C)c3)C2=O)cc1. The Labute approximate surface area is 213 Å². The van der Waals surface area contributed by atoms with E-state index in [9.17, 15) is 19.1 Å². The first-order valence-corrected chi connectivity index (χ1v) is 12.1. The number of halogens is 1. The fourth-order valence-electron chi connectivity index (χ4n) is 4.53. The largest absolute Gasteiger partial charge is 0.858 e. The lowest BCUT2D eigenvalue weighted by Gasteiger charge is -2.16. The highest BCUT2D eigenvalue weighted by atomic mass is 19.1. The molecule has 0 N–H and O–H groups in total. The Morgan fingerprint density at radius 1 is 0.919 bits per heavy atom. The molecule has 0 bridgehead atoms. The predicted molar refractivity (Wildman–Crippen MR) is 135 cm³/mol. The third-order valence-corrected chi connectivity index (χ3v) is 6.46. The molecule has 2 aromatic heterocycles. The molecule has 2 amide bonds. The number of imide groups is 1. The summed E-state index contributed by atoms with van der Waals surface area (Å²) in [7, 11) is 0. The van der Waals surface area contributed by atoms with Gasteiger partial charge < -0.3 is 5.11 Å². The molecule has 0 spiro atoms. The average molecular weight is 497 g/mol. The van der Waals surface area contributed by atoms with Crippen LogP contribution in [0.1, 0.15) is 36.2 Å². The molecule has 0 aliphatic carbocycles. The molecule has 0 unspecified atom stereocenters. The van der Waals surface area contributed by atoms with Gasteiger partial charge in [-0.25, -0.2) is 14.0 Å². The number of pyridine rings is 1. The Kier molecular flexibility index (Phi) is 6.17. The van der Waals surface area contributed by atoms with Crippen LogP contribution < -0.4 is 14.6 Å². The van der Waals surface area contributed by atoms with Gasteiger partial charge in [-0.1, -0.05) is 26.0 Å². The van der Waals surface area contributed by atoms with Crippen molar-refractivity contribution in [3.63, 3.8) is 0 Å². The minimum atomic E-state index is -0.594. The van der Waals surface area contributed by atoms with Crippen LogP contribution in [-0.2, 0) is 22.4 Å². The van der Waals surface area contributed by atoms with E-state index in [1.807, 2.05) is 39.0 Å². The lowest BCUT2D eigenvalue weighted by atomic mass is 10.0. The Balaban J connectivity index is 1.75. The number of carbonyl (C=O) groups excluding carboxylic acids is 2. The van der Waals surface area contributed by atoms with Crippen molar-refractivity contribution in [2.24, 2.45) is 0 Å². The van der Waals surface area contributed by atoms with Crippen molar-refractivity contribution in [3.05, 3.63) is 101 Å². The molecule has 7 nitrogen and oxygen atoms in total. The molecule has 0 saturated carbocycles. The third-order valence-electron chi connectivity index (χ3n) is 6.46. The van der Waals surface area contributed by atoms with Gasteiger partial charge in [-0.05, 0) is 73.2 Å². The van der Waals surface area contributed by atoms with Gasteiger partial charge >= 0.3 is 5.91 Å². The number of hydrogen-bond donors (Lipinski definition) is 0. The van der Waals surface area contributed by atoms with Crippen molar-refractivity contribution in [3.8, 4) is 11.6 Å². The minimum absolute atomic E-state index is 0.00373. The van der Waals surface area contributed by atoms with E-state index in [1.165, 1.54) is 24.3 Å². The Hall–Kier alpha value is -4.59. The molecule has 0 atom stereocenters. The van der Waals surface area contributed by atoms with Gasteiger partial charge in [0.1, 0.15) is 11.4 Å². The van der Waals surface area contributed by atoms with Crippen LogP contribution in [0.2, 0.25) is 0 Å². The van der Waals surface area contributed by atoms with Crippen LogP contribution >= 0.6 is 0 Å². The summed E-state index contributed by atoms with van der Waals surface area (Å²) in [6.45, 7) is 5.72. The molecule has 0 fully saturated rings. The van der Waals surface area contributed by atoms with Crippen molar-refractivity contribution in [1.82, 2.24) is 9.78 Å². The highest BCUT2D eigenvalue weighted by Crippen LogP contribution is 2.39. The second-order valence-electron chi connectivity index (χ2n) is 8.84. The maximum Gasteiger partial charge on any atom is 0.331 e. The van der Waals surface area contributed by atoms with E-state index in [-0.39, 0.29) is 16.8 Å². The summed E-state index contributed by atoms with van der Waals surface area (Å²) in [5.74, 6) is -2.12. The monoisotopic (exact) mass is 496 g/mol. The number of benzene rings is 2. The molecule has 0 radical (unpaired) electrons. The van der Waals surface area contributed by atoms with Crippen molar-refractivity contribution in [1.29, 1.82) is 0 Å². The molecular formula is C29H25FN4O3. The van der Waals surface area contributed by atoms with Crippen molar-refractivity contribution < 1.29 is 23.7 Å². The predicted octanol–water partition coefficient (Wildman–Crippen LogP) is 3.75. The van der Waals surface area contributed by atoms with Crippen LogP contribution in [0.5, 0.6) is 5.88 Å². The van der Waals surface area contributed by atoms with E-state index in [4.69, 9.17) is 0 Å². The summed E-state index contributed by atoms with van der Waals surface area (Å²) in [6, 6.07) is 16.2. The number of aromatic nitrogens is 3. The Bertz CT molecular complexity index is 1550. The number of aryl methyl sites for hydroxylation is 3. The van der Waals surface area contributed by atoms with E-state index >= 15 is 0 Å². The molecular weight excluding hydrogens is 471 g/mol. The van der Waals surface area contributed by atoms with E-state index in [1.54, 1.807) is 35.2 Å². The summed E-state index contributed by atoms with van der Waals surface area (Å²) in [6.07, 6.45) is 4.60. The van der Waals surface area contributed by atoms with Gasteiger partial charge in [-0.15, -0.1) is 0 Å². The smallest absolute Gasteiger partial charge is 0.331 e. The van der Waals surface area contributed by atoms with Crippen LogP contribution in [0, 0.1) is 12.7 Å². The first-order valence-electron chi connectivity index (χ1n) is 12.1. The van der Waals surface area contributed by atoms with Crippen LogP contribution in [0.25, 0.3) is 17.0 Å². The van der Waals surface area contributed by atoms with Gasteiger partial charge in [-0.3, -0.25) is 9.59 Å². The van der Waals surface area contributed by atoms with Crippen LogP contribution in [0.3, 0.4) is 0 Å². The fourth-order valence-corrected chi connectivity index (χ4v) is 4.53. The first kappa shape index (κ1) is 24.1. The second-order valence-corrected chi connectivity index (χ2v) is 8.84. The standard InChI is InChI=1S/C29H25FN4O3/c1-4-19-13-15-32(16-14-19)26-25(27(35)33(29(26)37)22-8-6-7-18(3)17-22)24-23(5-2)31-34(28(24)36)21-11-9-20(30)10-12-21/h6-17H,4-5H2,1-3H3. The summed E-state index contributed by atoms with van der Waals surface area (Å²) in [5.41, 5.74) is 3.26. The van der Waals surface area contributed by atoms with Crippen LogP contribution in [0.4, 0.5) is 10.1 Å². The molecule has 1 aliphatic heterocycles. The van der Waals surface area contributed by atoms with Crippen LogP contribution in [-0.4, -0.2) is 21.6 Å². The van der Waals surface area contributed by atoms with E-state index < -0.39 is 23.5 Å². The molecule has 2 aromatic carbocycles. The molecule has 186 valence electrons. The Morgan fingerprint density at radius 3 is 2.24 bits per heavy atom. The maximum atomic E-state index is 14.0. The summed E-state index contributed by atoms with van der Waals surface area (Å²) >= 11 is 0. The highest BCUT2D eigenvalue weighted by molar-refractivity contribution is 6.53. The second kappa shape index (κ2) is 9.46. The number of carbonyl (C=O) groups is 2. The maximum absolute atomic E-state index is 14.0. The number of hydrogen-bond acceptors (Lipinski definition) is 4. The molecule has 0 saturated heterocycles. The van der Waals surface area contributed by atoms with Gasteiger partial charge in [-0.2, -0.15) is 9.67 Å². The number of anilines is 1. The molecule has 37 heavy (non-hydrogen) atoms. The fraction of sp³-hybridized carbons (Fsp3) is 0.172. The van der Waals surface area contributed by atoms with Gasteiger partial charge in [0.15, 0.2) is 12.4 Å². The number of nitrogens with zero attached hydrogens (tertiary/aromatic N) is 4. The zero-order chi connectivity index (χ0) is 26.3. The minimum Gasteiger partial charge on any atom is -0.858 e.